The first kappa shape index (κ1) is 13.3. The van der Waals surface area contributed by atoms with Gasteiger partial charge in [-0.05, 0) is 31.7 Å². The van der Waals surface area contributed by atoms with Crippen LogP contribution in [0.2, 0.25) is 0 Å². The van der Waals surface area contributed by atoms with E-state index in [4.69, 9.17) is 9.47 Å². The second-order valence-electron chi connectivity index (χ2n) is 5.63. The molecule has 1 aliphatic heterocycles. The first-order valence-electron chi connectivity index (χ1n) is 6.74. The lowest BCUT2D eigenvalue weighted by Gasteiger charge is -2.30. The molecule has 1 saturated carbocycles. The molecule has 1 heterocycles. The molecule has 0 spiro atoms. The molecule has 17 heavy (non-hydrogen) atoms. The van der Waals surface area contributed by atoms with Crippen LogP contribution in [0.1, 0.15) is 19.3 Å². The number of ether oxygens (including phenoxy) is 2. The van der Waals surface area contributed by atoms with Gasteiger partial charge < -0.3 is 19.7 Å². The van der Waals surface area contributed by atoms with E-state index in [1.165, 1.54) is 19.3 Å². The van der Waals surface area contributed by atoms with Crippen LogP contribution < -0.4 is 5.32 Å². The van der Waals surface area contributed by atoms with Gasteiger partial charge in [-0.3, -0.25) is 0 Å². The Labute approximate surface area is 105 Å². The summed E-state index contributed by atoms with van der Waals surface area (Å²) in [6.45, 7) is 5.99. The third-order valence-electron chi connectivity index (χ3n) is 4.01. The van der Waals surface area contributed by atoms with Crippen LogP contribution >= 0.6 is 0 Å². The zero-order valence-corrected chi connectivity index (χ0v) is 11.2. The molecule has 2 rings (SSSR count). The molecule has 2 aliphatic rings. The van der Waals surface area contributed by atoms with Crippen LogP contribution in [0, 0.1) is 5.41 Å². The Balaban J connectivity index is 1.59. The van der Waals surface area contributed by atoms with Crippen LogP contribution in [0.15, 0.2) is 0 Å². The number of rotatable bonds is 7. The molecule has 4 nitrogen and oxygen atoms in total. The Morgan fingerprint density at radius 1 is 1.47 bits per heavy atom. The average molecular weight is 242 g/mol. The zero-order valence-electron chi connectivity index (χ0n) is 11.2. The van der Waals surface area contributed by atoms with Gasteiger partial charge in [0.2, 0.25) is 0 Å². The van der Waals surface area contributed by atoms with Crippen molar-refractivity contribution in [3.63, 3.8) is 0 Å². The van der Waals surface area contributed by atoms with Crippen molar-refractivity contribution in [3.8, 4) is 0 Å². The summed E-state index contributed by atoms with van der Waals surface area (Å²) in [5, 5.41) is 3.58. The van der Waals surface area contributed by atoms with Gasteiger partial charge in [0.25, 0.3) is 0 Å². The van der Waals surface area contributed by atoms with Crippen LogP contribution in [0.5, 0.6) is 0 Å². The maximum absolute atomic E-state index is 5.74. The Hall–Kier alpha value is -0.160. The monoisotopic (exact) mass is 242 g/mol. The minimum Gasteiger partial charge on any atom is -0.385 e. The molecule has 0 aromatic heterocycles. The predicted octanol–water partition coefficient (Wildman–Crippen LogP) is 0.723. The normalized spacial score (nSPS) is 28.2. The maximum Gasteiger partial charge on any atom is 0.0826 e. The number of hydrogen-bond acceptors (Lipinski definition) is 4. The third-order valence-corrected chi connectivity index (χ3v) is 4.01. The Kier molecular flexibility index (Phi) is 4.79. The van der Waals surface area contributed by atoms with Crippen molar-refractivity contribution in [3.05, 3.63) is 0 Å². The number of methoxy groups -OCH3 is 1. The van der Waals surface area contributed by atoms with Gasteiger partial charge in [-0.2, -0.15) is 0 Å². The first-order valence-corrected chi connectivity index (χ1v) is 6.74. The number of morpholine rings is 1. The second-order valence-corrected chi connectivity index (χ2v) is 5.63. The topological polar surface area (TPSA) is 33.7 Å². The summed E-state index contributed by atoms with van der Waals surface area (Å²) in [6, 6.07) is 0. The molecule has 2 fully saturated rings. The van der Waals surface area contributed by atoms with Gasteiger partial charge in [0.05, 0.1) is 12.7 Å². The Bertz CT molecular complexity index is 231. The average Bonchev–Trinajstić information content (AvgIpc) is 3.07. The molecule has 0 bridgehead atoms. The summed E-state index contributed by atoms with van der Waals surface area (Å²) in [5.41, 5.74) is 0.538. The van der Waals surface area contributed by atoms with Crippen LogP contribution in [0.25, 0.3) is 0 Å². The molecule has 1 aliphatic carbocycles. The summed E-state index contributed by atoms with van der Waals surface area (Å²) in [7, 11) is 3.95. The highest BCUT2D eigenvalue weighted by molar-refractivity contribution is 4.94. The maximum atomic E-state index is 5.74. The van der Waals surface area contributed by atoms with Crippen LogP contribution in [-0.2, 0) is 9.47 Å². The van der Waals surface area contributed by atoms with Gasteiger partial charge in [0, 0.05) is 39.9 Å². The van der Waals surface area contributed by atoms with E-state index in [9.17, 15) is 0 Å². The predicted molar refractivity (Wildman–Crippen MR) is 68.3 cm³/mol. The number of likely N-dealkylation sites (N-methyl/N-ethyl adjacent to an activating group) is 1. The van der Waals surface area contributed by atoms with Crippen molar-refractivity contribution in [2.24, 2.45) is 5.41 Å². The molecule has 1 N–H and O–H groups in total. The summed E-state index contributed by atoms with van der Waals surface area (Å²) < 4.78 is 10.9. The fourth-order valence-corrected chi connectivity index (χ4v) is 2.50. The fourth-order valence-electron chi connectivity index (χ4n) is 2.50. The van der Waals surface area contributed by atoms with E-state index >= 15 is 0 Å². The molecule has 0 amide bonds. The van der Waals surface area contributed by atoms with Gasteiger partial charge in [-0.15, -0.1) is 0 Å². The fraction of sp³-hybridized carbons (Fsp3) is 1.00. The SMILES string of the molecule is COCCC1(CNCC2CN(C)CCO2)CC1. The van der Waals surface area contributed by atoms with E-state index in [1.54, 1.807) is 7.11 Å². The summed E-state index contributed by atoms with van der Waals surface area (Å²) in [6.07, 6.45) is 4.28. The number of hydrogen-bond donors (Lipinski definition) is 1. The summed E-state index contributed by atoms with van der Waals surface area (Å²) in [4.78, 5) is 2.34. The summed E-state index contributed by atoms with van der Waals surface area (Å²) >= 11 is 0. The van der Waals surface area contributed by atoms with Gasteiger partial charge >= 0.3 is 0 Å². The lowest BCUT2D eigenvalue weighted by Crippen LogP contribution is -2.45. The highest BCUT2D eigenvalue weighted by Crippen LogP contribution is 2.48. The minimum absolute atomic E-state index is 0.368. The molecule has 0 radical (unpaired) electrons. The molecule has 0 aromatic rings. The van der Waals surface area contributed by atoms with Crippen LogP contribution in [0.3, 0.4) is 0 Å². The molecular formula is C13H26N2O2. The minimum atomic E-state index is 0.368. The highest BCUT2D eigenvalue weighted by atomic mass is 16.5. The van der Waals surface area contributed by atoms with E-state index in [2.05, 4.69) is 17.3 Å². The van der Waals surface area contributed by atoms with E-state index in [-0.39, 0.29) is 0 Å². The van der Waals surface area contributed by atoms with Crippen molar-refractivity contribution >= 4 is 0 Å². The lowest BCUT2D eigenvalue weighted by molar-refractivity contribution is -0.0186. The van der Waals surface area contributed by atoms with Crippen molar-refractivity contribution < 1.29 is 9.47 Å². The quantitative estimate of drug-likeness (QED) is 0.713. The van der Waals surface area contributed by atoms with Gasteiger partial charge in [-0.25, -0.2) is 0 Å². The van der Waals surface area contributed by atoms with Crippen molar-refractivity contribution in [1.82, 2.24) is 10.2 Å². The van der Waals surface area contributed by atoms with Crippen molar-refractivity contribution in [1.29, 1.82) is 0 Å². The molecule has 4 heteroatoms. The number of nitrogens with zero attached hydrogens (tertiary/aromatic N) is 1. The molecule has 1 unspecified atom stereocenters. The smallest absolute Gasteiger partial charge is 0.0826 e. The van der Waals surface area contributed by atoms with E-state index in [0.29, 0.717) is 11.5 Å². The van der Waals surface area contributed by atoms with Crippen LogP contribution in [0.4, 0.5) is 0 Å². The molecule has 1 atom stereocenters. The van der Waals surface area contributed by atoms with E-state index in [0.717, 1.165) is 39.4 Å². The van der Waals surface area contributed by atoms with E-state index < -0.39 is 0 Å². The zero-order chi connectivity index (χ0) is 12.1. The van der Waals surface area contributed by atoms with Crippen LogP contribution in [-0.4, -0.2) is 64.6 Å². The van der Waals surface area contributed by atoms with Gasteiger partial charge in [-0.1, -0.05) is 0 Å². The second kappa shape index (κ2) is 6.14. The standard InChI is InChI=1S/C13H26N2O2/c1-15-6-8-17-12(10-15)9-14-11-13(3-4-13)5-7-16-2/h12,14H,3-11H2,1-2H3. The van der Waals surface area contributed by atoms with Gasteiger partial charge in [0.15, 0.2) is 0 Å². The largest absolute Gasteiger partial charge is 0.385 e. The lowest BCUT2D eigenvalue weighted by atomic mass is 10.0. The Morgan fingerprint density at radius 2 is 2.29 bits per heavy atom. The molecule has 0 aromatic carbocycles. The highest BCUT2D eigenvalue weighted by Gasteiger charge is 2.41. The number of nitrogens with one attached hydrogen (secondary N) is 1. The molecule has 1 saturated heterocycles. The Morgan fingerprint density at radius 3 is 2.94 bits per heavy atom. The first-order chi connectivity index (χ1) is 8.24. The van der Waals surface area contributed by atoms with Crippen molar-refractivity contribution in [2.75, 3.05) is 53.6 Å². The third kappa shape index (κ3) is 4.21. The van der Waals surface area contributed by atoms with E-state index in [1.807, 2.05) is 0 Å². The molecule has 100 valence electrons. The van der Waals surface area contributed by atoms with Crippen molar-refractivity contribution in [2.45, 2.75) is 25.4 Å². The van der Waals surface area contributed by atoms with Gasteiger partial charge in [0.1, 0.15) is 0 Å². The summed E-state index contributed by atoms with van der Waals surface area (Å²) in [5.74, 6) is 0. The molecular weight excluding hydrogens is 216 g/mol.